The standard InChI is InChI=1S/C19H24N6O3/c1-10-3-2-4-12(7-10)23-17-13(16(21)26)9-22-19(25-17)24-15-6-5-11(18(27)28)8-14(15)20/h2-4,7,9,11,14-15H,5-6,8,20H2,1H3,(H2,21,26)(H,27,28)(H2,22,23,24,25). The van der Waals surface area contributed by atoms with Crippen LogP contribution in [0.15, 0.2) is 30.5 Å². The van der Waals surface area contributed by atoms with Crippen LogP contribution < -0.4 is 22.1 Å². The molecule has 1 aromatic carbocycles. The molecule has 7 N–H and O–H groups in total. The van der Waals surface area contributed by atoms with Gasteiger partial charge in [0.2, 0.25) is 5.95 Å². The molecule has 1 saturated carbocycles. The molecule has 3 atom stereocenters. The number of hydrogen-bond acceptors (Lipinski definition) is 7. The van der Waals surface area contributed by atoms with E-state index >= 15 is 0 Å². The predicted octanol–water partition coefficient (Wildman–Crippen LogP) is 1.62. The maximum atomic E-state index is 11.7. The Morgan fingerprint density at radius 3 is 2.71 bits per heavy atom. The van der Waals surface area contributed by atoms with E-state index in [-0.39, 0.29) is 17.6 Å². The number of nitrogens with zero attached hydrogens (tertiary/aromatic N) is 2. The number of aromatic nitrogens is 2. The molecule has 0 radical (unpaired) electrons. The van der Waals surface area contributed by atoms with E-state index in [1.165, 1.54) is 6.20 Å². The van der Waals surface area contributed by atoms with Crippen LogP contribution in [0.5, 0.6) is 0 Å². The third kappa shape index (κ3) is 4.55. The van der Waals surface area contributed by atoms with Gasteiger partial charge in [-0.25, -0.2) is 4.98 Å². The zero-order chi connectivity index (χ0) is 20.3. The lowest BCUT2D eigenvalue weighted by Gasteiger charge is -2.32. The highest BCUT2D eigenvalue weighted by molar-refractivity contribution is 5.98. The van der Waals surface area contributed by atoms with Crippen LogP contribution in [0.2, 0.25) is 0 Å². The summed E-state index contributed by atoms with van der Waals surface area (Å²) in [4.78, 5) is 31.5. The van der Waals surface area contributed by atoms with Crippen molar-refractivity contribution in [1.29, 1.82) is 0 Å². The Bertz CT molecular complexity index is 888. The molecule has 1 fully saturated rings. The average Bonchev–Trinajstić information content (AvgIpc) is 2.63. The van der Waals surface area contributed by atoms with Gasteiger partial charge < -0.3 is 27.2 Å². The van der Waals surface area contributed by atoms with Crippen LogP contribution in [0.25, 0.3) is 0 Å². The number of carbonyl (C=O) groups excluding carboxylic acids is 1. The summed E-state index contributed by atoms with van der Waals surface area (Å²) >= 11 is 0. The Morgan fingerprint density at radius 1 is 1.29 bits per heavy atom. The molecule has 1 aliphatic rings. The predicted molar refractivity (Wildman–Crippen MR) is 105 cm³/mol. The van der Waals surface area contributed by atoms with Gasteiger partial charge in [0, 0.05) is 24.0 Å². The molecule has 0 bridgehead atoms. The molecule has 9 heteroatoms. The van der Waals surface area contributed by atoms with Gasteiger partial charge in [-0.05, 0) is 43.9 Å². The number of anilines is 3. The first-order chi connectivity index (χ1) is 13.3. The highest BCUT2D eigenvalue weighted by Gasteiger charge is 2.32. The van der Waals surface area contributed by atoms with Gasteiger partial charge in [-0.15, -0.1) is 0 Å². The van der Waals surface area contributed by atoms with Crippen LogP contribution in [0.3, 0.4) is 0 Å². The summed E-state index contributed by atoms with van der Waals surface area (Å²) in [5.41, 5.74) is 13.6. The zero-order valence-electron chi connectivity index (χ0n) is 15.6. The number of hydrogen-bond donors (Lipinski definition) is 5. The Morgan fingerprint density at radius 2 is 2.07 bits per heavy atom. The lowest BCUT2D eigenvalue weighted by molar-refractivity contribution is -0.143. The summed E-state index contributed by atoms with van der Waals surface area (Å²) in [7, 11) is 0. The van der Waals surface area contributed by atoms with E-state index in [0.717, 1.165) is 11.3 Å². The normalized spacial score (nSPS) is 21.7. The topological polar surface area (TPSA) is 156 Å². The van der Waals surface area contributed by atoms with Crippen molar-refractivity contribution < 1.29 is 14.7 Å². The van der Waals surface area contributed by atoms with Gasteiger partial charge in [0.15, 0.2) is 0 Å². The summed E-state index contributed by atoms with van der Waals surface area (Å²) in [6, 6.07) is 7.15. The third-order valence-electron chi connectivity index (χ3n) is 4.90. The largest absolute Gasteiger partial charge is 0.481 e. The molecule has 1 aromatic heterocycles. The van der Waals surface area contributed by atoms with Crippen molar-refractivity contribution in [2.24, 2.45) is 17.4 Å². The Hall–Kier alpha value is -3.20. The van der Waals surface area contributed by atoms with Crippen molar-refractivity contribution in [2.45, 2.75) is 38.3 Å². The fraction of sp³-hybridized carbons (Fsp3) is 0.368. The van der Waals surface area contributed by atoms with E-state index in [1.807, 2.05) is 31.2 Å². The van der Waals surface area contributed by atoms with Crippen LogP contribution in [-0.4, -0.2) is 39.0 Å². The smallest absolute Gasteiger partial charge is 0.306 e. The van der Waals surface area contributed by atoms with Gasteiger partial charge in [0.05, 0.1) is 5.92 Å². The van der Waals surface area contributed by atoms with Crippen LogP contribution in [0.1, 0.15) is 35.2 Å². The van der Waals surface area contributed by atoms with E-state index in [2.05, 4.69) is 20.6 Å². The molecular weight excluding hydrogens is 360 g/mol. The second-order valence-corrected chi connectivity index (χ2v) is 7.08. The Balaban J connectivity index is 1.79. The lowest BCUT2D eigenvalue weighted by atomic mass is 9.83. The Kier molecular flexibility index (Phi) is 5.74. The summed E-state index contributed by atoms with van der Waals surface area (Å²) < 4.78 is 0. The van der Waals surface area contributed by atoms with Gasteiger partial charge in [-0.3, -0.25) is 9.59 Å². The van der Waals surface area contributed by atoms with Gasteiger partial charge in [0.25, 0.3) is 5.91 Å². The molecule has 0 saturated heterocycles. The quantitative estimate of drug-likeness (QED) is 0.503. The molecular formula is C19H24N6O3. The number of amides is 1. The molecule has 3 rings (SSSR count). The van der Waals surface area contributed by atoms with E-state index in [0.29, 0.717) is 31.0 Å². The van der Waals surface area contributed by atoms with E-state index < -0.39 is 17.8 Å². The molecule has 28 heavy (non-hydrogen) atoms. The number of carboxylic acids is 1. The maximum Gasteiger partial charge on any atom is 0.306 e. The molecule has 1 aliphatic carbocycles. The van der Waals surface area contributed by atoms with Crippen molar-refractivity contribution in [2.75, 3.05) is 10.6 Å². The maximum absolute atomic E-state index is 11.7. The van der Waals surface area contributed by atoms with Crippen LogP contribution >= 0.6 is 0 Å². The summed E-state index contributed by atoms with van der Waals surface area (Å²) in [5, 5.41) is 15.4. The van der Waals surface area contributed by atoms with Crippen molar-refractivity contribution >= 4 is 29.3 Å². The molecule has 0 spiro atoms. The van der Waals surface area contributed by atoms with Gasteiger partial charge in [0.1, 0.15) is 11.4 Å². The molecule has 9 nitrogen and oxygen atoms in total. The second-order valence-electron chi connectivity index (χ2n) is 7.08. The Labute approximate surface area is 162 Å². The monoisotopic (exact) mass is 384 g/mol. The number of aliphatic carboxylic acids is 1. The number of primary amides is 1. The molecule has 1 amide bonds. The fourth-order valence-electron chi connectivity index (χ4n) is 3.36. The molecule has 2 aromatic rings. The summed E-state index contributed by atoms with van der Waals surface area (Å²) in [5.74, 6) is -1.29. The molecule has 148 valence electrons. The fourth-order valence-corrected chi connectivity index (χ4v) is 3.36. The average molecular weight is 384 g/mol. The number of carbonyl (C=O) groups is 2. The summed E-state index contributed by atoms with van der Waals surface area (Å²) in [6.07, 6.45) is 2.89. The molecule has 3 unspecified atom stereocenters. The number of rotatable bonds is 6. The SMILES string of the molecule is Cc1cccc(Nc2nc(NC3CCC(C(=O)O)CC3N)ncc2C(N)=O)c1. The minimum Gasteiger partial charge on any atom is -0.481 e. The number of carboxylic acid groups (broad SMARTS) is 1. The van der Waals surface area contributed by atoms with Gasteiger partial charge >= 0.3 is 5.97 Å². The number of nitrogens with two attached hydrogens (primary N) is 2. The third-order valence-corrected chi connectivity index (χ3v) is 4.90. The van der Waals surface area contributed by atoms with Crippen LogP contribution in [-0.2, 0) is 4.79 Å². The first kappa shape index (κ1) is 19.6. The van der Waals surface area contributed by atoms with E-state index in [9.17, 15) is 9.59 Å². The lowest BCUT2D eigenvalue weighted by Crippen LogP contribution is -2.46. The van der Waals surface area contributed by atoms with Crippen molar-refractivity contribution in [1.82, 2.24) is 9.97 Å². The van der Waals surface area contributed by atoms with Gasteiger partial charge in [-0.2, -0.15) is 4.98 Å². The first-order valence-corrected chi connectivity index (χ1v) is 9.09. The van der Waals surface area contributed by atoms with Crippen molar-refractivity contribution in [3.05, 3.63) is 41.6 Å². The van der Waals surface area contributed by atoms with Crippen LogP contribution in [0, 0.1) is 12.8 Å². The number of aryl methyl sites for hydroxylation is 1. The highest BCUT2D eigenvalue weighted by Crippen LogP contribution is 2.26. The molecule has 1 heterocycles. The second kappa shape index (κ2) is 8.22. The highest BCUT2D eigenvalue weighted by atomic mass is 16.4. The first-order valence-electron chi connectivity index (χ1n) is 9.09. The minimum atomic E-state index is -0.819. The minimum absolute atomic E-state index is 0.151. The van der Waals surface area contributed by atoms with E-state index in [1.54, 1.807) is 0 Å². The van der Waals surface area contributed by atoms with E-state index in [4.69, 9.17) is 16.6 Å². The number of benzene rings is 1. The van der Waals surface area contributed by atoms with Gasteiger partial charge in [-0.1, -0.05) is 12.1 Å². The molecule has 0 aliphatic heterocycles. The van der Waals surface area contributed by atoms with Crippen molar-refractivity contribution in [3.8, 4) is 0 Å². The summed E-state index contributed by atoms with van der Waals surface area (Å²) in [6.45, 7) is 1.96. The zero-order valence-corrected chi connectivity index (χ0v) is 15.6. The van der Waals surface area contributed by atoms with Crippen LogP contribution in [0.4, 0.5) is 17.5 Å². The number of nitrogens with one attached hydrogen (secondary N) is 2. The van der Waals surface area contributed by atoms with Crippen molar-refractivity contribution in [3.63, 3.8) is 0 Å².